The molecule has 1 N–H and O–H groups in total. The fourth-order valence-corrected chi connectivity index (χ4v) is 3.18. The van der Waals surface area contributed by atoms with E-state index in [4.69, 9.17) is 14.0 Å². The molecule has 2 rings (SSSR count). The average molecular weight is 404 g/mol. The van der Waals surface area contributed by atoms with E-state index in [9.17, 15) is 13.8 Å². The Bertz CT molecular complexity index is 827. The van der Waals surface area contributed by atoms with Crippen LogP contribution in [-0.2, 0) is 26.4 Å². The summed E-state index contributed by atoms with van der Waals surface area (Å²) >= 11 is -1.96. The normalized spacial score (nSPS) is 13.0. The Morgan fingerprint density at radius 3 is 2.14 bits per heavy atom. The first-order chi connectivity index (χ1) is 13.3. The summed E-state index contributed by atoms with van der Waals surface area (Å²) in [7, 11) is 0. The van der Waals surface area contributed by atoms with Crippen molar-refractivity contribution >= 4 is 22.8 Å². The van der Waals surface area contributed by atoms with E-state index in [2.05, 4.69) is 0 Å². The lowest BCUT2D eigenvalue weighted by molar-refractivity contribution is -0.143. The Labute approximate surface area is 167 Å². The van der Waals surface area contributed by atoms with Gasteiger partial charge < -0.3 is 14.0 Å². The molecule has 0 aliphatic heterocycles. The van der Waals surface area contributed by atoms with Crippen molar-refractivity contribution in [1.82, 2.24) is 0 Å². The number of esters is 1. The topological polar surface area (TPSA) is 89.9 Å². The predicted molar refractivity (Wildman–Crippen MR) is 107 cm³/mol. The number of carbonyl (C=O) groups is 2. The predicted octanol–water partition coefficient (Wildman–Crippen LogP) is 3.73. The number of hydrogen-bond donors (Lipinski definition) is 1. The van der Waals surface area contributed by atoms with Crippen LogP contribution in [0.1, 0.15) is 48.2 Å². The van der Waals surface area contributed by atoms with Gasteiger partial charge in [0.2, 0.25) is 0 Å². The molecule has 0 amide bonds. The highest BCUT2D eigenvalue weighted by Crippen LogP contribution is 2.26. The SMILES string of the molecule is CCOC(=O)C(C(=O)c1ccc(CS(=O)O)cc1)c1ccc(OC(C)C)cc1. The molecule has 6 nitrogen and oxygen atoms in total. The van der Waals surface area contributed by atoms with Crippen LogP contribution in [0.15, 0.2) is 48.5 Å². The van der Waals surface area contributed by atoms with Crippen LogP contribution in [-0.4, -0.2) is 33.2 Å². The molecular weight excluding hydrogens is 380 g/mol. The Hall–Kier alpha value is -2.51. The minimum Gasteiger partial charge on any atom is -0.491 e. The first-order valence-electron chi connectivity index (χ1n) is 8.95. The van der Waals surface area contributed by atoms with Crippen molar-refractivity contribution in [3.8, 4) is 5.75 Å². The second-order valence-corrected chi connectivity index (χ2v) is 7.38. The molecule has 2 unspecified atom stereocenters. The highest BCUT2D eigenvalue weighted by molar-refractivity contribution is 7.78. The molecule has 0 bridgehead atoms. The van der Waals surface area contributed by atoms with Crippen LogP contribution in [0, 0.1) is 0 Å². The highest BCUT2D eigenvalue weighted by Gasteiger charge is 2.30. The van der Waals surface area contributed by atoms with Gasteiger partial charge in [-0.25, -0.2) is 4.21 Å². The molecule has 0 aliphatic rings. The zero-order valence-corrected chi connectivity index (χ0v) is 16.9. The van der Waals surface area contributed by atoms with Gasteiger partial charge in [0.25, 0.3) is 0 Å². The van der Waals surface area contributed by atoms with Crippen molar-refractivity contribution in [2.45, 2.75) is 38.5 Å². The summed E-state index contributed by atoms with van der Waals surface area (Å²) < 4.78 is 30.6. The third kappa shape index (κ3) is 6.00. The second-order valence-electron chi connectivity index (χ2n) is 6.45. The maximum atomic E-state index is 13.0. The number of rotatable bonds is 9. The lowest BCUT2D eigenvalue weighted by Gasteiger charge is -2.16. The van der Waals surface area contributed by atoms with Crippen LogP contribution in [0.3, 0.4) is 0 Å². The van der Waals surface area contributed by atoms with Crippen molar-refractivity contribution in [1.29, 1.82) is 0 Å². The first kappa shape index (κ1) is 21.8. The minimum absolute atomic E-state index is 0.0140. The maximum absolute atomic E-state index is 13.0. The van der Waals surface area contributed by atoms with Crippen LogP contribution >= 0.6 is 0 Å². The van der Waals surface area contributed by atoms with Gasteiger partial charge >= 0.3 is 5.97 Å². The zero-order valence-electron chi connectivity index (χ0n) is 16.1. The molecule has 0 spiro atoms. The highest BCUT2D eigenvalue weighted by atomic mass is 32.2. The average Bonchev–Trinajstić information content (AvgIpc) is 2.63. The van der Waals surface area contributed by atoms with Gasteiger partial charge in [-0.15, -0.1) is 0 Å². The first-order valence-corrected chi connectivity index (χ1v) is 10.2. The van der Waals surface area contributed by atoms with E-state index in [1.807, 2.05) is 13.8 Å². The van der Waals surface area contributed by atoms with Crippen LogP contribution in [0.2, 0.25) is 0 Å². The summed E-state index contributed by atoms with van der Waals surface area (Å²) in [5.41, 5.74) is 1.47. The number of benzene rings is 2. The molecule has 0 aliphatic carbocycles. The van der Waals surface area contributed by atoms with Crippen molar-refractivity contribution in [3.05, 3.63) is 65.2 Å². The molecule has 28 heavy (non-hydrogen) atoms. The van der Waals surface area contributed by atoms with E-state index in [0.29, 0.717) is 22.4 Å². The van der Waals surface area contributed by atoms with Gasteiger partial charge in [-0.2, -0.15) is 0 Å². The lowest BCUT2D eigenvalue weighted by atomic mass is 9.90. The number of hydrogen-bond acceptors (Lipinski definition) is 5. The number of ether oxygens (including phenoxy) is 2. The molecule has 7 heteroatoms. The summed E-state index contributed by atoms with van der Waals surface area (Å²) in [6, 6.07) is 13.1. The monoisotopic (exact) mass is 404 g/mol. The van der Waals surface area contributed by atoms with Gasteiger partial charge in [0.1, 0.15) is 11.7 Å². The van der Waals surface area contributed by atoms with Gasteiger partial charge in [-0.3, -0.25) is 9.59 Å². The smallest absolute Gasteiger partial charge is 0.321 e. The van der Waals surface area contributed by atoms with E-state index in [1.54, 1.807) is 55.5 Å². The standard InChI is InChI=1S/C21H24O6S/c1-4-26-21(23)19(16-9-11-18(12-10-16)27-14(2)3)20(22)17-7-5-15(6-8-17)13-28(24)25/h5-12,14,19H,4,13H2,1-3H3,(H,24,25). The Balaban J connectivity index is 2.30. The van der Waals surface area contributed by atoms with E-state index in [1.165, 1.54) is 0 Å². The molecule has 0 saturated carbocycles. The summed E-state index contributed by atoms with van der Waals surface area (Å²) in [4.78, 5) is 25.5. The van der Waals surface area contributed by atoms with Gasteiger partial charge in [-0.1, -0.05) is 36.4 Å². The molecule has 2 aromatic rings. The van der Waals surface area contributed by atoms with Crippen molar-refractivity contribution < 1.29 is 27.8 Å². The third-order valence-electron chi connectivity index (χ3n) is 3.90. The summed E-state index contributed by atoms with van der Waals surface area (Å²) in [6.07, 6.45) is 0.0140. The molecule has 2 atom stereocenters. The van der Waals surface area contributed by atoms with Crippen LogP contribution < -0.4 is 4.74 Å². The molecule has 150 valence electrons. The van der Waals surface area contributed by atoms with Crippen molar-refractivity contribution in [2.24, 2.45) is 0 Å². The fourth-order valence-electron chi connectivity index (χ4n) is 2.71. The van der Waals surface area contributed by atoms with Crippen LogP contribution in [0.4, 0.5) is 0 Å². The largest absolute Gasteiger partial charge is 0.491 e. The molecule has 0 heterocycles. The number of ketones is 1. The molecule has 0 radical (unpaired) electrons. The zero-order chi connectivity index (χ0) is 20.7. The number of carbonyl (C=O) groups excluding carboxylic acids is 2. The van der Waals surface area contributed by atoms with Gasteiger partial charge in [0, 0.05) is 5.56 Å². The quantitative estimate of drug-likeness (QED) is 0.296. The van der Waals surface area contributed by atoms with E-state index >= 15 is 0 Å². The van der Waals surface area contributed by atoms with E-state index in [-0.39, 0.29) is 18.5 Å². The van der Waals surface area contributed by atoms with Gasteiger partial charge in [0.05, 0.1) is 18.5 Å². The summed E-state index contributed by atoms with van der Waals surface area (Å²) in [5, 5.41) is 0. The molecule has 0 aromatic heterocycles. The fraction of sp³-hybridized carbons (Fsp3) is 0.333. The maximum Gasteiger partial charge on any atom is 0.321 e. The van der Waals surface area contributed by atoms with Gasteiger partial charge in [0.15, 0.2) is 16.9 Å². The lowest BCUT2D eigenvalue weighted by Crippen LogP contribution is -2.24. The van der Waals surface area contributed by atoms with E-state index < -0.39 is 28.8 Å². The Kier molecular flexibility index (Phi) is 7.90. The number of Topliss-reactive ketones (excluding diaryl/α,β-unsaturated/α-hetero) is 1. The Morgan fingerprint density at radius 2 is 1.64 bits per heavy atom. The Morgan fingerprint density at radius 1 is 1.04 bits per heavy atom. The van der Waals surface area contributed by atoms with Crippen molar-refractivity contribution in [2.75, 3.05) is 6.61 Å². The minimum atomic E-state index is -1.96. The van der Waals surface area contributed by atoms with Crippen LogP contribution in [0.25, 0.3) is 0 Å². The summed E-state index contributed by atoms with van der Waals surface area (Å²) in [5.74, 6) is -1.48. The third-order valence-corrected chi connectivity index (χ3v) is 4.48. The molecular formula is C21H24O6S. The van der Waals surface area contributed by atoms with Gasteiger partial charge in [-0.05, 0) is 44.0 Å². The van der Waals surface area contributed by atoms with Crippen LogP contribution in [0.5, 0.6) is 5.75 Å². The second kappa shape index (κ2) is 10.1. The van der Waals surface area contributed by atoms with E-state index in [0.717, 1.165) is 0 Å². The van der Waals surface area contributed by atoms with Crippen molar-refractivity contribution in [3.63, 3.8) is 0 Å². The molecule has 2 aromatic carbocycles. The molecule has 0 fully saturated rings. The summed E-state index contributed by atoms with van der Waals surface area (Å²) in [6.45, 7) is 5.67. The molecule has 0 saturated heterocycles.